The predicted molar refractivity (Wildman–Crippen MR) is 130 cm³/mol. The van der Waals surface area contributed by atoms with Crippen LogP contribution in [0.3, 0.4) is 0 Å². The van der Waals surface area contributed by atoms with Crippen LogP contribution in [-0.4, -0.2) is 52.5 Å². The molecule has 0 aromatic heterocycles. The molecular weight excluding hydrogens is 434 g/mol. The number of amides is 1. The van der Waals surface area contributed by atoms with Gasteiger partial charge in [0.1, 0.15) is 6.54 Å². The molecule has 1 N–H and O–H groups in total. The molecule has 1 heterocycles. The molecule has 0 aliphatic carbocycles. The summed E-state index contributed by atoms with van der Waals surface area (Å²) >= 11 is 0. The van der Waals surface area contributed by atoms with E-state index >= 15 is 0 Å². The average molecular weight is 465 g/mol. The topological polar surface area (TPSA) is 62.1 Å². The number of piperazine rings is 1. The quantitative estimate of drug-likeness (QED) is 0.609. The number of benzene rings is 3. The summed E-state index contributed by atoms with van der Waals surface area (Å²) in [6.45, 7) is 5.95. The summed E-state index contributed by atoms with van der Waals surface area (Å²) in [5.74, 6) is -0.121. The van der Waals surface area contributed by atoms with Gasteiger partial charge < -0.3 is 9.80 Å². The van der Waals surface area contributed by atoms with Gasteiger partial charge in [-0.2, -0.15) is 0 Å². The second-order valence-corrected chi connectivity index (χ2v) is 10.5. The Morgan fingerprint density at radius 2 is 1.61 bits per heavy atom. The van der Waals surface area contributed by atoms with E-state index in [1.165, 1.54) is 27.9 Å². The number of quaternary nitrogens is 1. The van der Waals surface area contributed by atoms with Gasteiger partial charge in [0, 0.05) is 18.2 Å². The molecule has 1 aliphatic rings. The number of hydrogen-bond donors (Lipinski definition) is 1. The highest BCUT2D eigenvalue weighted by atomic mass is 32.2. The highest BCUT2D eigenvalue weighted by Crippen LogP contribution is 2.23. The number of hydrogen-bond acceptors (Lipinski definition) is 3. The molecular formula is C26H30N3O3S+. The lowest BCUT2D eigenvalue weighted by Crippen LogP contribution is -3.13. The minimum absolute atomic E-state index is 0.116. The minimum Gasteiger partial charge on any atom is -0.328 e. The summed E-state index contributed by atoms with van der Waals surface area (Å²) < 4.78 is 27.6. The van der Waals surface area contributed by atoms with Crippen molar-refractivity contribution in [1.29, 1.82) is 0 Å². The lowest BCUT2D eigenvalue weighted by molar-refractivity contribution is -0.917. The van der Waals surface area contributed by atoms with Crippen molar-refractivity contribution in [2.45, 2.75) is 18.4 Å². The molecule has 1 saturated heterocycles. The Balaban J connectivity index is 1.44. The first-order valence-corrected chi connectivity index (χ1v) is 12.6. The summed E-state index contributed by atoms with van der Waals surface area (Å²) in [5, 5.41) is 0. The highest BCUT2D eigenvalue weighted by molar-refractivity contribution is 7.92. The van der Waals surface area contributed by atoms with Crippen molar-refractivity contribution < 1.29 is 18.1 Å². The van der Waals surface area contributed by atoms with Crippen molar-refractivity contribution in [3.8, 4) is 0 Å². The largest absolute Gasteiger partial charge is 0.328 e. The van der Waals surface area contributed by atoms with E-state index in [0.29, 0.717) is 24.3 Å². The number of carbonyl (C=O) groups is 1. The normalized spacial score (nSPS) is 14.8. The maximum atomic E-state index is 13.2. The van der Waals surface area contributed by atoms with Gasteiger partial charge in [-0.15, -0.1) is 0 Å². The second kappa shape index (κ2) is 9.77. The monoisotopic (exact) mass is 464 g/mol. The lowest BCUT2D eigenvalue weighted by atomic mass is 10.1. The van der Waals surface area contributed by atoms with Gasteiger partial charge in [-0.25, -0.2) is 8.42 Å². The van der Waals surface area contributed by atoms with Crippen LogP contribution in [0.5, 0.6) is 0 Å². The van der Waals surface area contributed by atoms with Crippen molar-refractivity contribution in [2.24, 2.45) is 0 Å². The number of nitrogens with one attached hydrogen (secondary N) is 1. The van der Waals surface area contributed by atoms with E-state index in [2.05, 4.69) is 12.1 Å². The highest BCUT2D eigenvalue weighted by Gasteiger charge is 2.27. The smallest absolute Gasteiger partial charge is 0.264 e. The molecule has 1 fully saturated rings. The molecule has 4 rings (SSSR count). The van der Waals surface area contributed by atoms with Gasteiger partial charge in [0.2, 0.25) is 0 Å². The Kier molecular flexibility index (Phi) is 6.81. The van der Waals surface area contributed by atoms with Crippen LogP contribution in [0, 0.1) is 6.92 Å². The summed E-state index contributed by atoms with van der Waals surface area (Å²) in [7, 11) is -2.25. The van der Waals surface area contributed by atoms with Gasteiger partial charge in [-0.1, -0.05) is 54.1 Å². The van der Waals surface area contributed by atoms with Crippen LogP contribution < -0.4 is 9.21 Å². The molecule has 0 radical (unpaired) electrons. The van der Waals surface area contributed by atoms with Crippen LogP contribution in [0.4, 0.5) is 5.69 Å². The summed E-state index contributed by atoms with van der Waals surface area (Å²) in [6.07, 6.45) is 0. The molecule has 3 aromatic carbocycles. The van der Waals surface area contributed by atoms with Crippen LogP contribution in [0.15, 0.2) is 83.8 Å². The van der Waals surface area contributed by atoms with Crippen molar-refractivity contribution in [2.75, 3.05) is 37.5 Å². The molecule has 0 atom stereocenters. The maximum absolute atomic E-state index is 13.2. The molecule has 0 unspecified atom stereocenters. The van der Waals surface area contributed by atoms with E-state index < -0.39 is 10.0 Å². The number of nitrogens with zero attached hydrogens (tertiary/aromatic N) is 2. The second-order valence-electron chi connectivity index (χ2n) is 8.54. The molecule has 3 aromatic rings. The fourth-order valence-electron chi connectivity index (χ4n) is 4.11. The Labute approximate surface area is 196 Å². The van der Waals surface area contributed by atoms with Crippen LogP contribution >= 0.6 is 0 Å². The first-order chi connectivity index (χ1) is 15.8. The Morgan fingerprint density at radius 3 is 2.27 bits per heavy atom. The van der Waals surface area contributed by atoms with E-state index in [1.807, 2.05) is 42.2 Å². The molecule has 33 heavy (non-hydrogen) atoms. The fourth-order valence-corrected chi connectivity index (χ4v) is 5.35. The van der Waals surface area contributed by atoms with E-state index in [9.17, 15) is 13.2 Å². The summed E-state index contributed by atoms with van der Waals surface area (Å²) in [4.78, 5) is 16.5. The zero-order valence-electron chi connectivity index (χ0n) is 19.1. The third-order valence-electron chi connectivity index (χ3n) is 6.19. The minimum atomic E-state index is -3.78. The maximum Gasteiger partial charge on any atom is 0.264 e. The third-order valence-corrected chi connectivity index (χ3v) is 7.97. The summed E-state index contributed by atoms with van der Waals surface area (Å²) in [6, 6.07) is 24.0. The number of carbonyl (C=O) groups excluding carboxylic acids is 1. The first kappa shape index (κ1) is 23.0. The molecule has 6 nitrogen and oxygen atoms in total. The van der Waals surface area contributed by atoms with Gasteiger partial charge in [0.25, 0.3) is 15.9 Å². The molecule has 1 aliphatic heterocycles. The van der Waals surface area contributed by atoms with Crippen LogP contribution in [-0.2, 0) is 16.6 Å². The van der Waals surface area contributed by atoms with E-state index in [4.69, 9.17) is 0 Å². The van der Waals surface area contributed by atoms with E-state index in [1.54, 1.807) is 30.3 Å². The zero-order chi connectivity index (χ0) is 23.4. The molecule has 0 bridgehead atoms. The lowest BCUT2D eigenvalue weighted by Gasteiger charge is -2.32. The molecule has 7 heteroatoms. The number of aryl methyl sites for hydroxylation is 1. The summed E-state index contributed by atoms with van der Waals surface area (Å²) in [5.41, 5.74) is 3.33. The molecule has 1 amide bonds. The van der Waals surface area contributed by atoms with Crippen molar-refractivity contribution >= 4 is 21.6 Å². The van der Waals surface area contributed by atoms with Crippen molar-refractivity contribution in [1.82, 2.24) is 4.90 Å². The Bertz CT molecular complexity index is 1200. The fraction of sp³-hybridized carbons (Fsp3) is 0.269. The van der Waals surface area contributed by atoms with Gasteiger partial charge in [0.15, 0.2) is 0 Å². The van der Waals surface area contributed by atoms with Crippen LogP contribution in [0.25, 0.3) is 0 Å². The average Bonchev–Trinajstić information content (AvgIpc) is 2.85. The zero-order valence-corrected chi connectivity index (χ0v) is 19.9. The van der Waals surface area contributed by atoms with Crippen molar-refractivity contribution in [3.63, 3.8) is 0 Å². The standard InChI is InChI=1S/C26H29N3O3S/c1-21-11-13-24(14-12-21)27(2)33(31,32)25-10-6-9-23(19-25)26(30)29-17-15-28(16-18-29)20-22-7-4-3-5-8-22/h3-14,19H,15-18,20H2,1-2H3/p+1. The number of sulfonamides is 1. The van der Waals surface area contributed by atoms with Gasteiger partial charge >= 0.3 is 0 Å². The van der Waals surface area contributed by atoms with Crippen molar-refractivity contribution in [3.05, 3.63) is 95.6 Å². The SMILES string of the molecule is Cc1ccc(N(C)S(=O)(=O)c2cccc(C(=O)N3CC[NH+](Cc4ccccc4)CC3)c2)cc1. The number of rotatable bonds is 6. The van der Waals surface area contributed by atoms with Gasteiger partial charge in [-0.05, 0) is 37.3 Å². The number of anilines is 1. The molecule has 172 valence electrons. The molecule has 0 saturated carbocycles. The Hall–Kier alpha value is -3.16. The van der Waals surface area contributed by atoms with E-state index in [0.717, 1.165) is 25.2 Å². The third kappa shape index (κ3) is 5.26. The van der Waals surface area contributed by atoms with Crippen LogP contribution in [0.2, 0.25) is 0 Å². The van der Waals surface area contributed by atoms with Gasteiger partial charge in [-0.3, -0.25) is 9.10 Å². The predicted octanol–water partition coefficient (Wildman–Crippen LogP) is 2.36. The molecule has 0 spiro atoms. The van der Waals surface area contributed by atoms with Gasteiger partial charge in [0.05, 0.1) is 36.8 Å². The first-order valence-electron chi connectivity index (χ1n) is 11.2. The van der Waals surface area contributed by atoms with Crippen LogP contribution in [0.1, 0.15) is 21.5 Å². The Morgan fingerprint density at radius 1 is 0.939 bits per heavy atom. The van der Waals surface area contributed by atoms with E-state index in [-0.39, 0.29) is 10.8 Å².